The maximum Gasteiger partial charge on any atom is 0.115 e. The Morgan fingerprint density at radius 3 is 3.09 bits per heavy atom. The summed E-state index contributed by atoms with van der Waals surface area (Å²) in [6.45, 7) is 3.04. The van der Waals surface area contributed by atoms with Gasteiger partial charge in [-0.05, 0) is 49.1 Å². The van der Waals surface area contributed by atoms with E-state index in [0.717, 1.165) is 36.8 Å². The summed E-state index contributed by atoms with van der Waals surface area (Å²) in [6.07, 6.45) is 6.09. The molecule has 0 N–H and O–H groups in total. The molecule has 23 heavy (non-hydrogen) atoms. The number of rotatable bonds is 3. The number of hydrogen-bond donors (Lipinski definition) is 0. The van der Waals surface area contributed by atoms with E-state index in [2.05, 4.69) is 20.9 Å². The molecule has 4 nitrogen and oxygen atoms in total. The minimum absolute atomic E-state index is 0.124. The minimum Gasteiger partial charge on any atom is -0.367 e. The monoisotopic (exact) mass is 329 g/mol. The minimum atomic E-state index is 0.124. The molecule has 0 bridgehead atoms. The van der Waals surface area contributed by atoms with Gasteiger partial charge in [-0.3, -0.25) is 4.90 Å². The zero-order chi connectivity index (χ0) is 15.6. The molecule has 2 aliphatic rings. The fraction of sp³-hybridized carbons (Fsp3) is 0.444. The van der Waals surface area contributed by atoms with Crippen LogP contribution in [0.1, 0.15) is 30.2 Å². The lowest BCUT2D eigenvalue weighted by Gasteiger charge is -2.34. The molecule has 0 saturated carbocycles. The molecule has 2 fully saturated rings. The van der Waals surface area contributed by atoms with Crippen LogP contribution in [0.4, 0.5) is 0 Å². The summed E-state index contributed by atoms with van der Waals surface area (Å²) in [4.78, 5) is 10.8. The molecule has 0 radical (unpaired) electrons. The molecule has 2 aliphatic heterocycles. The molecule has 0 aliphatic carbocycles. The van der Waals surface area contributed by atoms with Crippen molar-refractivity contribution >= 4 is 11.6 Å². The normalized spacial score (nSPS) is 27.8. The first-order valence-corrected chi connectivity index (χ1v) is 8.54. The van der Waals surface area contributed by atoms with E-state index >= 15 is 0 Å². The van der Waals surface area contributed by atoms with Gasteiger partial charge in [0, 0.05) is 24.3 Å². The smallest absolute Gasteiger partial charge is 0.115 e. The number of ether oxygens (including phenoxy) is 1. The molecule has 5 heteroatoms. The fourth-order valence-electron chi connectivity index (χ4n) is 3.71. The van der Waals surface area contributed by atoms with Crippen LogP contribution >= 0.6 is 11.6 Å². The Morgan fingerprint density at radius 2 is 2.26 bits per heavy atom. The number of likely N-dealkylation sites (tertiary alicyclic amines) is 1. The van der Waals surface area contributed by atoms with Crippen LogP contribution in [0, 0.1) is 5.92 Å². The summed E-state index contributed by atoms with van der Waals surface area (Å²) in [6, 6.07) is 10.1. The Hall–Kier alpha value is -1.49. The number of aromatic nitrogens is 2. The lowest BCUT2D eigenvalue weighted by atomic mass is 9.91. The summed E-state index contributed by atoms with van der Waals surface area (Å²) >= 11 is 6.08. The van der Waals surface area contributed by atoms with E-state index < -0.39 is 0 Å². The Morgan fingerprint density at radius 1 is 1.30 bits per heavy atom. The molecule has 2 saturated heterocycles. The van der Waals surface area contributed by atoms with Crippen molar-refractivity contribution in [2.24, 2.45) is 5.92 Å². The van der Waals surface area contributed by atoms with Gasteiger partial charge >= 0.3 is 0 Å². The van der Waals surface area contributed by atoms with Crippen LogP contribution in [0.25, 0.3) is 0 Å². The van der Waals surface area contributed by atoms with Gasteiger partial charge in [-0.2, -0.15) is 0 Å². The fourth-order valence-corrected chi connectivity index (χ4v) is 3.93. The predicted octanol–water partition coefficient (Wildman–Crippen LogP) is 3.48. The van der Waals surface area contributed by atoms with Crippen LogP contribution in [-0.4, -0.2) is 34.1 Å². The van der Waals surface area contributed by atoms with Crippen LogP contribution in [0.5, 0.6) is 0 Å². The van der Waals surface area contributed by atoms with Crippen molar-refractivity contribution < 1.29 is 4.74 Å². The van der Waals surface area contributed by atoms with Crippen molar-refractivity contribution in [2.45, 2.75) is 31.6 Å². The van der Waals surface area contributed by atoms with Gasteiger partial charge in [-0.15, -0.1) is 0 Å². The Bertz CT molecular complexity index is 666. The highest BCUT2D eigenvalue weighted by molar-refractivity contribution is 6.30. The largest absolute Gasteiger partial charge is 0.367 e. The topological polar surface area (TPSA) is 38.2 Å². The number of fused-ring (bicyclic) bond motifs is 1. The van der Waals surface area contributed by atoms with Gasteiger partial charge in [0.15, 0.2) is 0 Å². The highest BCUT2D eigenvalue weighted by Gasteiger charge is 2.39. The molecule has 2 aromatic rings. The van der Waals surface area contributed by atoms with Gasteiger partial charge < -0.3 is 4.74 Å². The molecular formula is C18H20ClN3O. The third-order valence-corrected chi connectivity index (χ3v) is 5.10. The Labute approximate surface area is 141 Å². The first kappa shape index (κ1) is 15.1. The van der Waals surface area contributed by atoms with Gasteiger partial charge in [0.2, 0.25) is 0 Å². The van der Waals surface area contributed by atoms with Gasteiger partial charge in [-0.1, -0.05) is 23.7 Å². The van der Waals surface area contributed by atoms with Gasteiger partial charge in [0.1, 0.15) is 12.4 Å². The van der Waals surface area contributed by atoms with E-state index in [1.54, 1.807) is 12.5 Å². The molecule has 3 heterocycles. The number of piperidine rings is 1. The Kier molecular flexibility index (Phi) is 4.29. The van der Waals surface area contributed by atoms with Crippen molar-refractivity contribution in [1.29, 1.82) is 0 Å². The molecule has 1 aromatic heterocycles. The second kappa shape index (κ2) is 6.56. The van der Waals surface area contributed by atoms with Crippen molar-refractivity contribution in [3.63, 3.8) is 0 Å². The quantitative estimate of drug-likeness (QED) is 0.864. The van der Waals surface area contributed by atoms with E-state index in [4.69, 9.17) is 16.3 Å². The van der Waals surface area contributed by atoms with Gasteiger partial charge in [-0.25, -0.2) is 9.97 Å². The molecule has 3 atom stereocenters. The van der Waals surface area contributed by atoms with E-state index in [1.165, 1.54) is 12.0 Å². The third-order valence-electron chi connectivity index (χ3n) is 4.87. The van der Waals surface area contributed by atoms with E-state index in [9.17, 15) is 0 Å². The number of halogens is 1. The zero-order valence-electron chi connectivity index (χ0n) is 12.9. The van der Waals surface area contributed by atoms with Crippen LogP contribution < -0.4 is 0 Å². The van der Waals surface area contributed by atoms with Gasteiger partial charge in [0.25, 0.3) is 0 Å². The second-order valence-corrected chi connectivity index (χ2v) is 6.88. The lowest BCUT2D eigenvalue weighted by Crippen LogP contribution is -2.41. The summed E-state index contributed by atoms with van der Waals surface area (Å²) in [7, 11) is 0. The van der Waals surface area contributed by atoms with Crippen molar-refractivity contribution in [3.05, 3.63) is 59.1 Å². The summed E-state index contributed by atoms with van der Waals surface area (Å²) in [5.74, 6) is 0.644. The van der Waals surface area contributed by atoms with Gasteiger partial charge in [0.05, 0.1) is 11.8 Å². The summed E-state index contributed by atoms with van der Waals surface area (Å²) < 4.78 is 6.29. The molecule has 0 unspecified atom stereocenters. The highest BCUT2D eigenvalue weighted by atomic mass is 35.5. The number of nitrogens with zero attached hydrogens (tertiary/aromatic N) is 3. The van der Waals surface area contributed by atoms with E-state index in [0.29, 0.717) is 12.0 Å². The maximum atomic E-state index is 6.29. The number of hydrogen-bond acceptors (Lipinski definition) is 4. The van der Waals surface area contributed by atoms with Crippen molar-refractivity contribution in [3.8, 4) is 0 Å². The molecule has 4 rings (SSSR count). The summed E-state index contributed by atoms with van der Waals surface area (Å²) in [5.41, 5.74) is 2.28. The standard InChI is InChI=1S/C18H20ClN3O/c19-15-3-1-2-13(8-15)10-22-7-5-14-9-17(23-18(14)11-22)16-4-6-20-12-21-16/h1-4,6,8,12,14,17-18H,5,7,9-11H2/t14-,17+,18+/m1/s1. The zero-order valence-corrected chi connectivity index (χ0v) is 13.7. The molecular weight excluding hydrogens is 310 g/mol. The SMILES string of the molecule is Clc1cccc(CN2CC[C@@H]3C[C@@H](c4ccncn4)O[C@H]3C2)c1. The first-order valence-electron chi connectivity index (χ1n) is 8.16. The summed E-state index contributed by atoms with van der Waals surface area (Å²) in [5, 5.41) is 0.804. The van der Waals surface area contributed by atoms with Crippen molar-refractivity contribution in [1.82, 2.24) is 14.9 Å². The first-order chi connectivity index (χ1) is 11.3. The average Bonchev–Trinajstić information content (AvgIpc) is 2.99. The van der Waals surface area contributed by atoms with Crippen LogP contribution in [0.15, 0.2) is 42.9 Å². The van der Waals surface area contributed by atoms with Crippen LogP contribution in [0.2, 0.25) is 5.02 Å². The molecule has 120 valence electrons. The molecule has 0 amide bonds. The number of benzene rings is 1. The van der Waals surface area contributed by atoms with Crippen LogP contribution in [-0.2, 0) is 11.3 Å². The lowest BCUT2D eigenvalue weighted by molar-refractivity contribution is -0.0106. The van der Waals surface area contributed by atoms with E-state index in [1.807, 2.05) is 24.3 Å². The van der Waals surface area contributed by atoms with Crippen LogP contribution in [0.3, 0.4) is 0 Å². The molecule has 0 spiro atoms. The van der Waals surface area contributed by atoms with Crippen molar-refractivity contribution in [2.75, 3.05) is 13.1 Å². The average molecular weight is 330 g/mol. The highest BCUT2D eigenvalue weighted by Crippen LogP contribution is 2.40. The predicted molar refractivity (Wildman–Crippen MR) is 89.1 cm³/mol. The van der Waals surface area contributed by atoms with E-state index in [-0.39, 0.29) is 6.10 Å². The molecule has 1 aromatic carbocycles. The Balaban J connectivity index is 1.40. The maximum absolute atomic E-state index is 6.29. The third kappa shape index (κ3) is 3.39. The second-order valence-electron chi connectivity index (χ2n) is 6.45.